The first kappa shape index (κ1) is 10.5. The number of fused-ring (bicyclic) bond motifs is 1. The number of hydrogen-bond donors (Lipinski definition) is 1. The summed E-state index contributed by atoms with van der Waals surface area (Å²) in [5.41, 5.74) is 1.21. The summed E-state index contributed by atoms with van der Waals surface area (Å²) in [7, 11) is 0. The minimum Gasteiger partial charge on any atom is -0.475 e. The Bertz CT molecular complexity index is 561. The molecule has 0 amide bonds. The molecule has 1 N–H and O–H groups in total. The number of carboxylic acid groups (broad SMARTS) is 1. The lowest BCUT2D eigenvalue weighted by Gasteiger charge is -2.18. The minimum absolute atomic E-state index is 0.0607. The molecule has 3 rings (SSSR count). The summed E-state index contributed by atoms with van der Waals surface area (Å²) in [6, 6.07) is 2.06. The van der Waals surface area contributed by atoms with E-state index in [2.05, 4.69) is 21.6 Å². The quantitative estimate of drug-likeness (QED) is 0.885. The largest absolute Gasteiger partial charge is 0.475 e. The second-order valence-electron chi connectivity index (χ2n) is 4.01. The van der Waals surface area contributed by atoms with Crippen LogP contribution in [0.25, 0.3) is 0 Å². The number of aromatic nitrogens is 2. The predicted octanol–water partition coefficient (Wildman–Crippen LogP) is 2.30. The van der Waals surface area contributed by atoms with Crippen LogP contribution in [0, 0.1) is 0 Å². The van der Waals surface area contributed by atoms with E-state index in [0.717, 1.165) is 19.3 Å². The fourth-order valence-corrected chi connectivity index (χ4v) is 3.19. The monoisotopic (exact) mass is 250 g/mol. The molecule has 2 heterocycles. The maximum atomic E-state index is 10.7. The normalized spacial score (nSPS) is 18.9. The molecule has 2 aromatic rings. The van der Waals surface area contributed by atoms with Gasteiger partial charge in [0.15, 0.2) is 0 Å². The van der Waals surface area contributed by atoms with Crippen LogP contribution in [-0.2, 0) is 6.42 Å². The van der Waals surface area contributed by atoms with Gasteiger partial charge >= 0.3 is 5.97 Å². The van der Waals surface area contributed by atoms with Crippen molar-refractivity contribution in [1.29, 1.82) is 0 Å². The van der Waals surface area contributed by atoms with E-state index >= 15 is 0 Å². The Kier molecular flexibility index (Phi) is 2.44. The first-order valence-electron chi connectivity index (χ1n) is 5.39. The van der Waals surface area contributed by atoms with Gasteiger partial charge in [0.05, 0.1) is 5.92 Å². The highest BCUT2D eigenvalue weighted by molar-refractivity contribution is 7.10. The molecular formula is C11H10N2O3S. The van der Waals surface area contributed by atoms with Gasteiger partial charge in [0.2, 0.25) is 5.89 Å². The van der Waals surface area contributed by atoms with Crippen molar-refractivity contribution in [2.75, 3.05) is 0 Å². The zero-order valence-electron chi connectivity index (χ0n) is 8.92. The van der Waals surface area contributed by atoms with Crippen molar-refractivity contribution in [3.8, 4) is 0 Å². The maximum Gasteiger partial charge on any atom is 0.377 e. The first-order valence-corrected chi connectivity index (χ1v) is 6.27. The summed E-state index contributed by atoms with van der Waals surface area (Å²) < 4.78 is 5.05. The summed E-state index contributed by atoms with van der Waals surface area (Å²) in [5.74, 6) is -0.934. The average molecular weight is 250 g/mol. The molecule has 0 saturated carbocycles. The van der Waals surface area contributed by atoms with Crippen LogP contribution in [0.2, 0.25) is 0 Å². The van der Waals surface area contributed by atoms with E-state index in [0.29, 0.717) is 5.89 Å². The molecule has 0 saturated heterocycles. The molecule has 1 unspecified atom stereocenters. The zero-order valence-corrected chi connectivity index (χ0v) is 9.74. The third-order valence-electron chi connectivity index (χ3n) is 2.98. The van der Waals surface area contributed by atoms with Gasteiger partial charge in [-0.05, 0) is 41.4 Å². The standard InChI is InChI=1S/C11H10N2O3S/c14-11(15)9-12-10(16-13-9)7-2-1-3-8-6(7)4-5-17-8/h4-5,7H,1-3H2,(H,14,15). The van der Waals surface area contributed by atoms with Gasteiger partial charge in [0.1, 0.15) is 0 Å². The molecule has 6 heteroatoms. The fraction of sp³-hybridized carbons (Fsp3) is 0.364. The lowest BCUT2D eigenvalue weighted by molar-refractivity contribution is 0.0680. The van der Waals surface area contributed by atoms with Crippen molar-refractivity contribution in [2.45, 2.75) is 25.2 Å². The Morgan fingerprint density at radius 3 is 3.24 bits per heavy atom. The van der Waals surface area contributed by atoms with E-state index in [4.69, 9.17) is 9.63 Å². The van der Waals surface area contributed by atoms with E-state index in [1.165, 1.54) is 10.4 Å². The molecule has 2 aromatic heterocycles. The highest BCUT2D eigenvalue weighted by Crippen LogP contribution is 2.38. The van der Waals surface area contributed by atoms with Gasteiger partial charge in [0, 0.05) is 4.88 Å². The van der Waals surface area contributed by atoms with Crippen molar-refractivity contribution >= 4 is 17.3 Å². The van der Waals surface area contributed by atoms with E-state index in [1.54, 1.807) is 11.3 Å². The van der Waals surface area contributed by atoms with Crippen molar-refractivity contribution in [3.63, 3.8) is 0 Å². The molecule has 88 valence electrons. The van der Waals surface area contributed by atoms with Gasteiger partial charge in [-0.25, -0.2) is 4.79 Å². The molecular weight excluding hydrogens is 240 g/mol. The molecule has 5 nitrogen and oxygen atoms in total. The van der Waals surface area contributed by atoms with Crippen LogP contribution in [0.4, 0.5) is 0 Å². The maximum absolute atomic E-state index is 10.7. The molecule has 0 radical (unpaired) electrons. The summed E-state index contributed by atoms with van der Waals surface area (Å²) in [6.45, 7) is 0. The SMILES string of the molecule is O=C(O)c1noc(C2CCCc3sccc32)n1. The number of aromatic carboxylic acids is 1. The van der Waals surface area contributed by atoms with Crippen molar-refractivity contribution in [1.82, 2.24) is 10.1 Å². The predicted molar refractivity (Wildman–Crippen MR) is 60.4 cm³/mol. The molecule has 17 heavy (non-hydrogen) atoms. The van der Waals surface area contributed by atoms with Crippen molar-refractivity contribution in [2.24, 2.45) is 0 Å². The molecule has 0 aromatic carbocycles. The Morgan fingerprint density at radius 1 is 1.59 bits per heavy atom. The summed E-state index contributed by atoms with van der Waals surface area (Å²) in [6.07, 6.45) is 3.09. The second-order valence-corrected chi connectivity index (χ2v) is 5.01. The number of carbonyl (C=O) groups is 1. The number of thiophene rings is 1. The van der Waals surface area contributed by atoms with Gasteiger partial charge in [-0.15, -0.1) is 11.3 Å². The van der Waals surface area contributed by atoms with Crippen LogP contribution in [0.1, 0.15) is 45.7 Å². The third-order valence-corrected chi connectivity index (χ3v) is 3.98. The summed E-state index contributed by atoms with van der Waals surface area (Å²) >= 11 is 1.73. The van der Waals surface area contributed by atoms with Crippen LogP contribution in [0.3, 0.4) is 0 Å². The topological polar surface area (TPSA) is 76.2 Å². The van der Waals surface area contributed by atoms with Crippen LogP contribution >= 0.6 is 11.3 Å². The highest BCUT2D eigenvalue weighted by Gasteiger charge is 2.28. The van der Waals surface area contributed by atoms with E-state index < -0.39 is 5.97 Å². The van der Waals surface area contributed by atoms with Crippen LogP contribution in [-0.4, -0.2) is 21.2 Å². The minimum atomic E-state index is -1.15. The molecule has 0 aliphatic heterocycles. The molecule has 0 fully saturated rings. The van der Waals surface area contributed by atoms with E-state index in [1.807, 2.05) is 0 Å². The van der Waals surface area contributed by atoms with Gasteiger partial charge in [-0.1, -0.05) is 0 Å². The molecule has 1 aliphatic rings. The lowest BCUT2D eigenvalue weighted by atomic mass is 9.88. The summed E-state index contributed by atoms with van der Waals surface area (Å²) in [5, 5.41) is 14.3. The number of carboxylic acids is 1. The van der Waals surface area contributed by atoms with Crippen molar-refractivity contribution < 1.29 is 14.4 Å². The number of hydrogen-bond acceptors (Lipinski definition) is 5. The lowest BCUT2D eigenvalue weighted by Crippen LogP contribution is -2.09. The Labute approximate surface area is 101 Å². The van der Waals surface area contributed by atoms with Gasteiger partial charge < -0.3 is 9.63 Å². The van der Waals surface area contributed by atoms with Crippen LogP contribution < -0.4 is 0 Å². The van der Waals surface area contributed by atoms with E-state index in [9.17, 15) is 4.79 Å². The molecule has 1 atom stereocenters. The van der Waals surface area contributed by atoms with Crippen molar-refractivity contribution in [3.05, 3.63) is 33.6 Å². The molecule has 0 bridgehead atoms. The molecule has 1 aliphatic carbocycles. The van der Waals surface area contributed by atoms with Crippen LogP contribution in [0.5, 0.6) is 0 Å². The fourth-order valence-electron chi connectivity index (χ4n) is 2.21. The molecule has 0 spiro atoms. The Balaban J connectivity index is 1.98. The first-order chi connectivity index (χ1) is 8.25. The Hall–Kier alpha value is -1.69. The number of rotatable bonds is 2. The zero-order chi connectivity index (χ0) is 11.8. The van der Waals surface area contributed by atoms with Gasteiger partial charge in [-0.2, -0.15) is 4.98 Å². The average Bonchev–Trinajstić information content (AvgIpc) is 2.97. The number of aryl methyl sites for hydroxylation is 1. The van der Waals surface area contributed by atoms with Gasteiger partial charge in [0.25, 0.3) is 5.82 Å². The third kappa shape index (κ3) is 1.74. The number of nitrogens with zero attached hydrogens (tertiary/aromatic N) is 2. The van der Waals surface area contributed by atoms with Crippen LogP contribution in [0.15, 0.2) is 16.0 Å². The van der Waals surface area contributed by atoms with E-state index in [-0.39, 0.29) is 11.7 Å². The summed E-state index contributed by atoms with van der Waals surface area (Å²) in [4.78, 5) is 16.0. The Morgan fingerprint density at radius 2 is 2.47 bits per heavy atom. The highest BCUT2D eigenvalue weighted by atomic mass is 32.1. The smallest absolute Gasteiger partial charge is 0.377 e. The van der Waals surface area contributed by atoms with Gasteiger partial charge in [-0.3, -0.25) is 0 Å². The second kappa shape index (κ2) is 3.96.